The van der Waals surface area contributed by atoms with Gasteiger partial charge in [0.2, 0.25) is 0 Å². The molecule has 0 aliphatic heterocycles. The Bertz CT molecular complexity index is 375. The van der Waals surface area contributed by atoms with Crippen molar-refractivity contribution in [3.63, 3.8) is 0 Å². The maximum atomic E-state index is 5.60. The number of methoxy groups -OCH3 is 1. The Morgan fingerprint density at radius 2 is 1.94 bits per heavy atom. The van der Waals surface area contributed by atoms with E-state index in [4.69, 9.17) is 4.74 Å². The third kappa shape index (κ3) is 2.98. The van der Waals surface area contributed by atoms with E-state index in [0.29, 0.717) is 0 Å². The van der Waals surface area contributed by atoms with Gasteiger partial charge in [-0.25, -0.2) is 0 Å². The van der Waals surface area contributed by atoms with Crippen LogP contribution in [-0.2, 0) is 6.42 Å². The van der Waals surface area contributed by atoms with Crippen LogP contribution in [0.3, 0.4) is 0 Å². The van der Waals surface area contributed by atoms with Gasteiger partial charge >= 0.3 is 0 Å². The van der Waals surface area contributed by atoms with Gasteiger partial charge in [-0.1, -0.05) is 50.0 Å². The summed E-state index contributed by atoms with van der Waals surface area (Å²) in [4.78, 5) is 0. The van der Waals surface area contributed by atoms with E-state index in [2.05, 4.69) is 56.9 Å². The fourth-order valence-electron chi connectivity index (χ4n) is 1.82. The first-order valence-electron chi connectivity index (χ1n) is 5.78. The summed E-state index contributed by atoms with van der Waals surface area (Å²) < 4.78 is 5.60. The molecule has 0 amide bonds. The molecule has 0 unspecified atom stereocenters. The van der Waals surface area contributed by atoms with E-state index in [-0.39, 0.29) is 0 Å². The maximum absolute atomic E-state index is 5.60. The average Bonchev–Trinajstić information content (AvgIpc) is 2.24. The van der Waals surface area contributed by atoms with E-state index in [1.807, 2.05) is 0 Å². The molecular formula is C14H22OSi. The second-order valence-electron chi connectivity index (χ2n) is 5.02. The fourth-order valence-corrected chi connectivity index (χ4v) is 3.36. The maximum Gasteiger partial charge on any atom is 0.121 e. The van der Waals surface area contributed by atoms with Gasteiger partial charge < -0.3 is 4.74 Å². The summed E-state index contributed by atoms with van der Waals surface area (Å²) in [5.41, 5.74) is 1.29. The third-order valence-corrected chi connectivity index (χ3v) is 4.69. The zero-order chi connectivity index (χ0) is 12.2. The molecule has 0 N–H and O–H groups in total. The van der Waals surface area contributed by atoms with Gasteiger partial charge in [-0.2, -0.15) is 0 Å². The van der Waals surface area contributed by atoms with Crippen molar-refractivity contribution in [1.82, 2.24) is 0 Å². The third-order valence-electron chi connectivity index (χ3n) is 2.68. The average molecular weight is 234 g/mol. The van der Waals surface area contributed by atoms with Crippen LogP contribution in [0, 0.1) is 0 Å². The van der Waals surface area contributed by atoms with Gasteiger partial charge in [-0.3, -0.25) is 0 Å². The normalized spacial score (nSPS) is 12.1. The van der Waals surface area contributed by atoms with E-state index >= 15 is 0 Å². The van der Waals surface area contributed by atoms with E-state index in [1.54, 1.807) is 7.11 Å². The van der Waals surface area contributed by atoms with Crippen LogP contribution in [0.1, 0.15) is 12.5 Å². The molecule has 0 heterocycles. The Kier molecular flexibility index (Phi) is 4.36. The molecule has 1 aromatic carbocycles. The van der Waals surface area contributed by atoms with Crippen molar-refractivity contribution >= 4 is 13.3 Å². The first-order chi connectivity index (χ1) is 7.50. The second kappa shape index (κ2) is 5.35. The molecule has 0 aromatic heterocycles. The second-order valence-corrected chi connectivity index (χ2v) is 10.1. The molecule has 88 valence electrons. The van der Waals surface area contributed by atoms with Crippen molar-refractivity contribution < 1.29 is 4.74 Å². The lowest BCUT2D eigenvalue weighted by molar-refractivity contribution is 0.414. The molecule has 0 spiro atoms. The number of allylic oxidation sites excluding steroid dienone is 2. The van der Waals surface area contributed by atoms with Crippen LogP contribution >= 0.6 is 0 Å². The lowest BCUT2D eigenvalue weighted by Gasteiger charge is -2.22. The Morgan fingerprint density at radius 3 is 2.44 bits per heavy atom. The quantitative estimate of drug-likeness (QED) is 0.573. The summed E-state index contributed by atoms with van der Waals surface area (Å²) >= 11 is 0. The van der Waals surface area contributed by atoms with Gasteiger partial charge in [0.25, 0.3) is 0 Å². The van der Waals surface area contributed by atoms with E-state index in [0.717, 1.165) is 12.2 Å². The molecule has 0 aliphatic rings. The van der Waals surface area contributed by atoms with Gasteiger partial charge in [0.05, 0.1) is 15.2 Å². The predicted octanol–water partition coefficient (Wildman–Crippen LogP) is 3.36. The minimum absolute atomic E-state index is 0.956. The van der Waals surface area contributed by atoms with Crippen LogP contribution < -0.4 is 9.92 Å². The van der Waals surface area contributed by atoms with Crippen molar-refractivity contribution in [3.8, 4) is 5.75 Å². The highest BCUT2D eigenvalue weighted by Crippen LogP contribution is 2.20. The van der Waals surface area contributed by atoms with Crippen LogP contribution in [0.15, 0.2) is 30.4 Å². The van der Waals surface area contributed by atoms with Crippen LogP contribution in [0.25, 0.3) is 0 Å². The number of hydrogen-bond acceptors (Lipinski definition) is 1. The summed E-state index contributed by atoms with van der Waals surface area (Å²) in [5.74, 6) is 1.10. The summed E-state index contributed by atoms with van der Waals surface area (Å²) in [7, 11) is 0.457. The van der Waals surface area contributed by atoms with Crippen molar-refractivity contribution in [3.05, 3.63) is 35.9 Å². The summed E-state index contributed by atoms with van der Waals surface area (Å²) in [5, 5.41) is 1.41. The summed E-state index contributed by atoms with van der Waals surface area (Å²) in [6, 6.07) is 6.52. The first kappa shape index (κ1) is 13.0. The molecular weight excluding hydrogens is 212 g/mol. The van der Waals surface area contributed by atoms with Crippen LogP contribution in [-0.4, -0.2) is 15.2 Å². The van der Waals surface area contributed by atoms with Gasteiger partial charge in [-0.05, 0) is 24.1 Å². The molecule has 0 aliphatic carbocycles. The van der Waals surface area contributed by atoms with Gasteiger partial charge in [0.15, 0.2) is 0 Å². The molecule has 1 nitrogen and oxygen atoms in total. The molecule has 1 rings (SSSR count). The van der Waals surface area contributed by atoms with E-state index < -0.39 is 8.07 Å². The van der Waals surface area contributed by atoms with Gasteiger partial charge in [0.1, 0.15) is 5.75 Å². The molecule has 1 aromatic rings. The van der Waals surface area contributed by atoms with Gasteiger partial charge in [-0.15, -0.1) is 0 Å². The summed E-state index contributed by atoms with van der Waals surface area (Å²) in [6.07, 6.45) is 5.21. The Hall–Kier alpha value is -1.02. The van der Waals surface area contributed by atoms with E-state index in [9.17, 15) is 0 Å². The Balaban J connectivity index is 3.21. The number of hydrogen-bond donors (Lipinski definition) is 0. The van der Waals surface area contributed by atoms with Crippen molar-refractivity contribution in [2.75, 3.05) is 7.11 Å². The predicted molar refractivity (Wildman–Crippen MR) is 74.5 cm³/mol. The zero-order valence-corrected chi connectivity index (χ0v) is 12.0. The molecule has 0 saturated carbocycles. The van der Waals surface area contributed by atoms with Crippen molar-refractivity contribution in [2.24, 2.45) is 0 Å². The van der Waals surface area contributed by atoms with E-state index in [1.165, 1.54) is 10.8 Å². The number of ether oxygens (including phenoxy) is 1. The first-order valence-corrected chi connectivity index (χ1v) is 9.28. The number of rotatable bonds is 4. The summed E-state index contributed by atoms with van der Waals surface area (Å²) in [6.45, 7) is 9.10. The highest BCUT2D eigenvalue weighted by atomic mass is 28.3. The monoisotopic (exact) mass is 234 g/mol. The molecule has 0 radical (unpaired) electrons. The largest absolute Gasteiger partial charge is 0.497 e. The van der Waals surface area contributed by atoms with Crippen molar-refractivity contribution in [1.29, 1.82) is 0 Å². The molecule has 0 fully saturated rings. The Morgan fingerprint density at radius 1 is 1.25 bits per heavy atom. The molecule has 2 heteroatoms. The minimum atomic E-state index is -1.32. The van der Waals surface area contributed by atoms with Gasteiger partial charge in [0, 0.05) is 0 Å². The Labute approximate surface area is 100 Å². The fraction of sp³-hybridized carbons (Fsp3) is 0.429. The molecule has 16 heavy (non-hydrogen) atoms. The minimum Gasteiger partial charge on any atom is -0.497 e. The molecule has 0 atom stereocenters. The van der Waals surface area contributed by atoms with Crippen molar-refractivity contribution in [2.45, 2.75) is 33.0 Å². The highest BCUT2D eigenvalue weighted by molar-refractivity contribution is 6.89. The SMILES string of the molecule is C/C=C/Cc1cccc([Si](C)(C)C)c1OC. The zero-order valence-electron chi connectivity index (χ0n) is 11.0. The lowest BCUT2D eigenvalue weighted by Crippen LogP contribution is -2.38. The van der Waals surface area contributed by atoms with Crippen LogP contribution in [0.2, 0.25) is 19.6 Å². The number of benzene rings is 1. The highest BCUT2D eigenvalue weighted by Gasteiger charge is 2.22. The lowest BCUT2D eigenvalue weighted by atomic mass is 10.1. The topological polar surface area (TPSA) is 9.23 Å². The molecule has 0 saturated heterocycles. The standard InChI is InChI=1S/C14H22OSi/c1-6-7-9-12-10-8-11-13(14(12)15-2)16(3,4)5/h6-8,10-11H,9H2,1-5H3/b7-6+. The van der Waals surface area contributed by atoms with Crippen LogP contribution in [0.4, 0.5) is 0 Å². The molecule has 0 bridgehead atoms. The number of para-hydroxylation sites is 1. The van der Waals surface area contributed by atoms with Crippen LogP contribution in [0.5, 0.6) is 5.75 Å². The smallest absolute Gasteiger partial charge is 0.121 e.